The van der Waals surface area contributed by atoms with E-state index in [1.165, 1.54) is 11.1 Å². The first kappa shape index (κ1) is 23.5. The smallest absolute Gasteiger partial charge is 0.193 e. The van der Waals surface area contributed by atoms with E-state index >= 15 is 0 Å². The number of methoxy groups -OCH3 is 1. The summed E-state index contributed by atoms with van der Waals surface area (Å²) in [5.41, 5.74) is 2.63. The van der Waals surface area contributed by atoms with Crippen LogP contribution in [0.5, 0.6) is 5.75 Å². The van der Waals surface area contributed by atoms with Crippen LogP contribution in [0.25, 0.3) is 0 Å². The molecule has 1 aliphatic heterocycles. The molecule has 2 aromatic rings. The summed E-state index contributed by atoms with van der Waals surface area (Å²) in [5, 5.41) is 3.62. The van der Waals surface area contributed by atoms with E-state index in [4.69, 9.17) is 9.47 Å². The number of nitrogens with zero attached hydrogens (tertiary/aromatic N) is 2. The average Bonchev–Trinajstić information content (AvgIpc) is 2.75. The Morgan fingerprint density at radius 3 is 2.34 bits per heavy atom. The van der Waals surface area contributed by atoms with Crippen molar-refractivity contribution in [2.24, 2.45) is 4.99 Å². The third-order valence-corrected chi connectivity index (χ3v) is 5.57. The zero-order chi connectivity index (χ0) is 19.8. The van der Waals surface area contributed by atoms with Gasteiger partial charge >= 0.3 is 0 Å². The second kappa shape index (κ2) is 11.4. The van der Waals surface area contributed by atoms with E-state index in [1.54, 1.807) is 7.11 Å². The van der Waals surface area contributed by atoms with E-state index in [1.807, 2.05) is 25.2 Å². The predicted octanol–water partition coefficient (Wildman–Crippen LogP) is 4.07. The maximum Gasteiger partial charge on any atom is 0.193 e. The van der Waals surface area contributed by atoms with Crippen LogP contribution in [0.2, 0.25) is 0 Å². The number of ether oxygens (including phenoxy) is 2. The molecule has 29 heavy (non-hydrogen) atoms. The molecule has 3 rings (SSSR count). The third kappa shape index (κ3) is 6.09. The molecule has 0 spiro atoms. The highest BCUT2D eigenvalue weighted by atomic mass is 127. The third-order valence-electron chi connectivity index (χ3n) is 5.57. The van der Waals surface area contributed by atoms with Crippen LogP contribution in [-0.4, -0.2) is 51.8 Å². The van der Waals surface area contributed by atoms with Crippen molar-refractivity contribution in [2.75, 3.05) is 41.0 Å². The molecule has 0 bridgehead atoms. The zero-order valence-electron chi connectivity index (χ0n) is 17.6. The second-order valence-electron chi connectivity index (χ2n) is 7.36. The van der Waals surface area contributed by atoms with E-state index in [0.29, 0.717) is 0 Å². The van der Waals surface area contributed by atoms with Crippen molar-refractivity contribution in [3.63, 3.8) is 0 Å². The summed E-state index contributed by atoms with van der Waals surface area (Å²) in [4.78, 5) is 6.66. The van der Waals surface area contributed by atoms with Gasteiger partial charge in [0.2, 0.25) is 0 Å². The molecule has 1 aliphatic rings. The first-order chi connectivity index (χ1) is 13.7. The molecular weight excluding hydrogens is 477 g/mol. The van der Waals surface area contributed by atoms with Crippen LogP contribution >= 0.6 is 24.0 Å². The number of nitrogens with one attached hydrogen (secondary N) is 1. The van der Waals surface area contributed by atoms with Gasteiger partial charge in [-0.3, -0.25) is 4.99 Å². The fourth-order valence-electron chi connectivity index (χ4n) is 3.84. The lowest BCUT2D eigenvalue weighted by atomic mass is 9.74. The van der Waals surface area contributed by atoms with Crippen LogP contribution in [-0.2, 0) is 16.7 Å². The molecular formula is C23H32IN3O2. The SMILES string of the molecule is CN=C(NCC1(c2ccc(OC)cc2)CCOCC1)N(C)Cc1ccccc1.I. The number of hydrogen-bond acceptors (Lipinski definition) is 3. The maximum absolute atomic E-state index is 5.66. The van der Waals surface area contributed by atoms with E-state index in [-0.39, 0.29) is 29.4 Å². The van der Waals surface area contributed by atoms with Gasteiger partial charge in [-0.2, -0.15) is 0 Å². The number of guanidine groups is 1. The first-order valence-electron chi connectivity index (χ1n) is 9.85. The lowest BCUT2D eigenvalue weighted by molar-refractivity contribution is 0.0512. The van der Waals surface area contributed by atoms with Gasteiger partial charge in [0.25, 0.3) is 0 Å². The van der Waals surface area contributed by atoms with Crippen LogP contribution in [0.15, 0.2) is 59.6 Å². The summed E-state index contributed by atoms with van der Waals surface area (Å²) in [7, 11) is 5.62. The predicted molar refractivity (Wildman–Crippen MR) is 129 cm³/mol. The van der Waals surface area contributed by atoms with Crippen molar-refractivity contribution in [1.29, 1.82) is 0 Å². The molecule has 1 fully saturated rings. The Morgan fingerprint density at radius 1 is 1.10 bits per heavy atom. The molecule has 0 amide bonds. The Morgan fingerprint density at radius 2 is 1.76 bits per heavy atom. The number of rotatable bonds is 6. The molecule has 1 heterocycles. The van der Waals surface area contributed by atoms with Gasteiger partial charge in [0.05, 0.1) is 7.11 Å². The summed E-state index contributed by atoms with van der Waals surface area (Å²) in [6.45, 7) is 3.21. The lowest BCUT2D eigenvalue weighted by Gasteiger charge is -2.39. The summed E-state index contributed by atoms with van der Waals surface area (Å²) in [6, 6.07) is 18.9. The minimum Gasteiger partial charge on any atom is -0.497 e. The zero-order valence-corrected chi connectivity index (χ0v) is 19.9. The Hall–Kier alpha value is -1.80. The summed E-state index contributed by atoms with van der Waals surface area (Å²) >= 11 is 0. The van der Waals surface area contributed by atoms with Gasteiger partial charge in [0.1, 0.15) is 5.75 Å². The minimum absolute atomic E-state index is 0. The highest BCUT2D eigenvalue weighted by Crippen LogP contribution is 2.35. The molecule has 2 aromatic carbocycles. The molecule has 0 atom stereocenters. The molecule has 158 valence electrons. The van der Waals surface area contributed by atoms with Gasteiger partial charge in [-0.1, -0.05) is 42.5 Å². The highest BCUT2D eigenvalue weighted by molar-refractivity contribution is 14.0. The van der Waals surface area contributed by atoms with Gasteiger partial charge < -0.3 is 19.7 Å². The number of aliphatic imine (C=N–C) groups is 1. The van der Waals surface area contributed by atoms with Crippen LogP contribution in [0.4, 0.5) is 0 Å². The Labute approximate surface area is 191 Å². The van der Waals surface area contributed by atoms with E-state index < -0.39 is 0 Å². The largest absolute Gasteiger partial charge is 0.497 e. The first-order valence-corrected chi connectivity index (χ1v) is 9.85. The number of hydrogen-bond donors (Lipinski definition) is 1. The quantitative estimate of drug-likeness (QED) is 0.363. The van der Waals surface area contributed by atoms with Crippen LogP contribution < -0.4 is 10.1 Å². The van der Waals surface area contributed by atoms with E-state index in [9.17, 15) is 0 Å². The maximum atomic E-state index is 5.66. The Balaban J connectivity index is 0.00000300. The van der Waals surface area contributed by atoms with Gasteiger partial charge in [0, 0.05) is 45.8 Å². The molecule has 1 saturated heterocycles. The molecule has 0 unspecified atom stereocenters. The van der Waals surface area contributed by atoms with Gasteiger partial charge in [-0.25, -0.2) is 0 Å². The summed E-state index contributed by atoms with van der Waals surface area (Å²) in [6.07, 6.45) is 1.98. The monoisotopic (exact) mass is 509 g/mol. The summed E-state index contributed by atoms with van der Waals surface area (Å²) in [5.74, 6) is 1.79. The Bertz CT molecular complexity index is 759. The highest BCUT2D eigenvalue weighted by Gasteiger charge is 2.34. The molecule has 0 radical (unpaired) electrons. The molecule has 6 heteroatoms. The van der Waals surface area contributed by atoms with Crippen molar-refractivity contribution in [3.8, 4) is 5.75 Å². The van der Waals surface area contributed by atoms with Crippen LogP contribution in [0, 0.1) is 0 Å². The van der Waals surface area contributed by atoms with E-state index in [2.05, 4.69) is 58.7 Å². The van der Waals surface area contributed by atoms with E-state index in [0.717, 1.165) is 50.9 Å². The van der Waals surface area contributed by atoms with Crippen molar-refractivity contribution in [1.82, 2.24) is 10.2 Å². The second-order valence-corrected chi connectivity index (χ2v) is 7.36. The average molecular weight is 509 g/mol. The van der Waals surface area contributed by atoms with Crippen LogP contribution in [0.3, 0.4) is 0 Å². The lowest BCUT2D eigenvalue weighted by Crippen LogP contribution is -2.48. The number of halogens is 1. The molecule has 1 N–H and O–H groups in total. The van der Waals surface area contributed by atoms with Crippen molar-refractivity contribution in [2.45, 2.75) is 24.8 Å². The minimum atomic E-state index is 0. The molecule has 0 aromatic heterocycles. The molecule has 5 nitrogen and oxygen atoms in total. The van der Waals surface area contributed by atoms with Crippen molar-refractivity contribution < 1.29 is 9.47 Å². The molecule has 0 aliphatic carbocycles. The number of benzene rings is 2. The topological polar surface area (TPSA) is 46.1 Å². The standard InChI is InChI=1S/C23H31N3O2.HI/c1-24-22(26(2)17-19-7-5-4-6-8-19)25-18-23(13-15-28-16-14-23)20-9-11-21(27-3)12-10-20;/h4-12H,13-18H2,1-3H3,(H,24,25);1H. The normalized spacial score (nSPS) is 15.9. The van der Waals surface area contributed by atoms with Gasteiger partial charge in [-0.05, 0) is 36.1 Å². The van der Waals surface area contributed by atoms with Gasteiger partial charge in [-0.15, -0.1) is 24.0 Å². The van der Waals surface area contributed by atoms with Crippen molar-refractivity contribution in [3.05, 3.63) is 65.7 Å². The Kier molecular flexibility index (Phi) is 9.23. The fourth-order valence-corrected chi connectivity index (χ4v) is 3.84. The summed E-state index contributed by atoms with van der Waals surface area (Å²) < 4.78 is 11.0. The molecule has 0 saturated carbocycles. The fraction of sp³-hybridized carbons (Fsp3) is 0.435. The van der Waals surface area contributed by atoms with Gasteiger partial charge in [0.15, 0.2) is 5.96 Å². The van der Waals surface area contributed by atoms with Crippen LogP contribution in [0.1, 0.15) is 24.0 Å². The van der Waals surface area contributed by atoms with Crippen molar-refractivity contribution >= 4 is 29.9 Å².